The predicted molar refractivity (Wildman–Crippen MR) is 99.8 cm³/mol. The van der Waals surface area contributed by atoms with Crippen molar-refractivity contribution in [3.63, 3.8) is 0 Å². The van der Waals surface area contributed by atoms with E-state index in [1.165, 1.54) is 24.3 Å². The maximum atomic E-state index is 13.2. The van der Waals surface area contributed by atoms with Gasteiger partial charge < -0.3 is 5.32 Å². The lowest BCUT2D eigenvalue weighted by Gasteiger charge is -2.25. The Morgan fingerprint density at radius 3 is 2.15 bits per heavy atom. The molecular formula is C19H23FN2O3S. The summed E-state index contributed by atoms with van der Waals surface area (Å²) >= 11 is 0. The van der Waals surface area contributed by atoms with Crippen molar-refractivity contribution in [3.05, 3.63) is 60.4 Å². The van der Waals surface area contributed by atoms with Gasteiger partial charge in [-0.1, -0.05) is 32.0 Å². The summed E-state index contributed by atoms with van der Waals surface area (Å²) in [6, 6.07) is 12.8. The molecule has 0 aliphatic rings. The first-order chi connectivity index (χ1) is 12.2. The van der Waals surface area contributed by atoms with Crippen molar-refractivity contribution in [1.29, 1.82) is 0 Å². The van der Waals surface area contributed by atoms with Crippen molar-refractivity contribution in [1.82, 2.24) is 5.32 Å². The molecule has 26 heavy (non-hydrogen) atoms. The highest BCUT2D eigenvalue weighted by Gasteiger charge is 2.27. The smallest absolute Gasteiger partial charge is 0.264 e. The summed E-state index contributed by atoms with van der Waals surface area (Å²) < 4.78 is 40.3. The molecule has 0 saturated carbocycles. The number of amides is 1. The first kappa shape index (κ1) is 19.9. The van der Waals surface area contributed by atoms with Gasteiger partial charge in [0.1, 0.15) is 12.4 Å². The monoisotopic (exact) mass is 378 g/mol. The number of carbonyl (C=O) groups is 1. The van der Waals surface area contributed by atoms with E-state index in [-0.39, 0.29) is 29.1 Å². The molecule has 2 rings (SSSR count). The van der Waals surface area contributed by atoms with E-state index in [1.807, 2.05) is 20.8 Å². The van der Waals surface area contributed by atoms with Crippen molar-refractivity contribution >= 4 is 21.6 Å². The van der Waals surface area contributed by atoms with E-state index in [1.54, 1.807) is 18.2 Å². The zero-order chi connectivity index (χ0) is 19.3. The van der Waals surface area contributed by atoms with Crippen LogP contribution >= 0.6 is 0 Å². The van der Waals surface area contributed by atoms with Crippen LogP contribution in [0.2, 0.25) is 0 Å². The molecule has 0 radical (unpaired) electrons. The number of carbonyl (C=O) groups excluding carboxylic acids is 1. The second-order valence-corrected chi connectivity index (χ2v) is 8.26. The molecular weight excluding hydrogens is 355 g/mol. The third-order valence-electron chi connectivity index (χ3n) is 4.12. The van der Waals surface area contributed by atoms with Gasteiger partial charge in [0, 0.05) is 6.04 Å². The first-order valence-corrected chi connectivity index (χ1v) is 9.78. The van der Waals surface area contributed by atoms with Gasteiger partial charge in [-0.05, 0) is 49.2 Å². The van der Waals surface area contributed by atoms with E-state index in [0.29, 0.717) is 0 Å². The van der Waals surface area contributed by atoms with Crippen LogP contribution in [0.3, 0.4) is 0 Å². The zero-order valence-corrected chi connectivity index (χ0v) is 15.8. The molecule has 1 amide bonds. The normalized spacial score (nSPS) is 12.7. The number of sulfonamides is 1. The van der Waals surface area contributed by atoms with E-state index in [4.69, 9.17) is 0 Å². The molecule has 2 aromatic carbocycles. The summed E-state index contributed by atoms with van der Waals surface area (Å²) in [4.78, 5) is 12.5. The fourth-order valence-corrected chi connectivity index (χ4v) is 3.68. The molecule has 0 aliphatic carbocycles. The Hall–Kier alpha value is -2.41. The highest BCUT2D eigenvalue weighted by molar-refractivity contribution is 7.92. The molecule has 1 atom stereocenters. The average molecular weight is 378 g/mol. The highest BCUT2D eigenvalue weighted by atomic mass is 32.2. The molecule has 0 aliphatic heterocycles. The molecule has 140 valence electrons. The largest absolute Gasteiger partial charge is 0.352 e. The summed E-state index contributed by atoms with van der Waals surface area (Å²) in [6.45, 7) is 5.39. The number of anilines is 1. The van der Waals surface area contributed by atoms with Gasteiger partial charge in [-0.15, -0.1) is 0 Å². The predicted octanol–water partition coefficient (Wildman–Crippen LogP) is 3.18. The Labute approximate surface area is 153 Å². The molecule has 0 spiro atoms. The maximum absolute atomic E-state index is 13.2. The topological polar surface area (TPSA) is 66.5 Å². The van der Waals surface area contributed by atoms with E-state index in [0.717, 1.165) is 16.4 Å². The van der Waals surface area contributed by atoms with E-state index in [9.17, 15) is 17.6 Å². The number of nitrogens with zero attached hydrogens (tertiary/aromatic N) is 1. The Morgan fingerprint density at radius 1 is 1.04 bits per heavy atom. The second-order valence-electron chi connectivity index (χ2n) is 6.40. The lowest BCUT2D eigenvalue weighted by molar-refractivity contribution is -0.120. The van der Waals surface area contributed by atoms with Gasteiger partial charge >= 0.3 is 0 Å². The molecule has 0 unspecified atom stereocenters. The molecule has 5 nitrogen and oxygen atoms in total. The standard InChI is InChI=1S/C19H23FN2O3S/c1-14(2)15(3)21-19(23)13-22(17-11-9-16(20)10-12-17)26(24,25)18-7-5-4-6-8-18/h4-12,14-15H,13H2,1-3H3,(H,21,23)/t15-/m0/s1. The molecule has 7 heteroatoms. The number of halogens is 1. The van der Waals surface area contributed by atoms with E-state index >= 15 is 0 Å². The summed E-state index contributed by atoms with van der Waals surface area (Å²) in [5.74, 6) is -0.692. The third-order valence-corrected chi connectivity index (χ3v) is 5.91. The van der Waals surface area contributed by atoms with Crippen LogP contribution < -0.4 is 9.62 Å². The summed E-state index contributed by atoms with van der Waals surface area (Å²) in [7, 11) is -3.97. The van der Waals surface area contributed by atoms with Crippen LogP contribution in [0.1, 0.15) is 20.8 Å². The van der Waals surface area contributed by atoms with Gasteiger partial charge in [-0.3, -0.25) is 9.10 Å². The van der Waals surface area contributed by atoms with Crippen LogP contribution in [0, 0.1) is 11.7 Å². The lowest BCUT2D eigenvalue weighted by atomic mass is 10.1. The quantitative estimate of drug-likeness (QED) is 0.805. The molecule has 0 bridgehead atoms. The Morgan fingerprint density at radius 2 is 1.62 bits per heavy atom. The van der Waals surface area contributed by atoms with Gasteiger partial charge in [-0.2, -0.15) is 0 Å². The van der Waals surface area contributed by atoms with Crippen LogP contribution in [-0.2, 0) is 14.8 Å². The van der Waals surface area contributed by atoms with Gasteiger partial charge in [0.2, 0.25) is 5.91 Å². The number of hydrogen-bond acceptors (Lipinski definition) is 3. The van der Waals surface area contributed by atoms with Crippen molar-refractivity contribution in [3.8, 4) is 0 Å². The molecule has 0 saturated heterocycles. The lowest BCUT2D eigenvalue weighted by Crippen LogP contribution is -2.45. The van der Waals surface area contributed by atoms with Gasteiger partial charge in [-0.25, -0.2) is 12.8 Å². The van der Waals surface area contributed by atoms with E-state index < -0.39 is 21.7 Å². The molecule has 0 heterocycles. The SMILES string of the molecule is CC(C)[C@H](C)NC(=O)CN(c1ccc(F)cc1)S(=O)(=O)c1ccccc1. The molecule has 1 N–H and O–H groups in total. The minimum atomic E-state index is -3.97. The fourth-order valence-electron chi connectivity index (χ4n) is 2.24. The van der Waals surface area contributed by atoms with Crippen LogP contribution in [0.15, 0.2) is 59.5 Å². The summed E-state index contributed by atoms with van der Waals surface area (Å²) in [5.41, 5.74) is 0.225. The second kappa shape index (κ2) is 8.31. The third kappa shape index (κ3) is 4.82. The van der Waals surface area contributed by atoms with Gasteiger partial charge in [0.15, 0.2) is 0 Å². The van der Waals surface area contributed by atoms with Crippen LogP contribution in [-0.4, -0.2) is 26.9 Å². The fraction of sp³-hybridized carbons (Fsp3) is 0.316. The summed E-state index contributed by atoms with van der Waals surface area (Å²) in [5, 5.41) is 2.80. The number of nitrogens with one attached hydrogen (secondary N) is 1. The number of hydrogen-bond donors (Lipinski definition) is 1. The highest BCUT2D eigenvalue weighted by Crippen LogP contribution is 2.23. The van der Waals surface area contributed by atoms with Crippen molar-refractivity contribution < 1.29 is 17.6 Å². The minimum Gasteiger partial charge on any atom is -0.352 e. The van der Waals surface area contributed by atoms with Crippen molar-refractivity contribution in [2.75, 3.05) is 10.8 Å². The Kier molecular flexibility index (Phi) is 6.37. The first-order valence-electron chi connectivity index (χ1n) is 8.34. The maximum Gasteiger partial charge on any atom is 0.264 e. The molecule has 0 fully saturated rings. The number of benzene rings is 2. The Balaban J connectivity index is 2.37. The summed E-state index contributed by atoms with van der Waals surface area (Å²) in [6.07, 6.45) is 0. The molecule has 2 aromatic rings. The van der Waals surface area contributed by atoms with Crippen molar-refractivity contribution in [2.45, 2.75) is 31.7 Å². The average Bonchev–Trinajstić information content (AvgIpc) is 2.61. The molecule has 0 aromatic heterocycles. The Bertz CT molecular complexity index is 837. The van der Waals surface area contributed by atoms with Crippen molar-refractivity contribution in [2.24, 2.45) is 5.92 Å². The number of rotatable bonds is 7. The minimum absolute atomic E-state index is 0.0639. The van der Waals surface area contributed by atoms with E-state index in [2.05, 4.69) is 5.32 Å². The van der Waals surface area contributed by atoms with Crippen LogP contribution in [0.4, 0.5) is 10.1 Å². The van der Waals surface area contributed by atoms with Crippen LogP contribution in [0.25, 0.3) is 0 Å². The zero-order valence-electron chi connectivity index (χ0n) is 15.0. The van der Waals surface area contributed by atoms with Crippen LogP contribution in [0.5, 0.6) is 0 Å². The van der Waals surface area contributed by atoms with Gasteiger partial charge in [0.25, 0.3) is 10.0 Å². The van der Waals surface area contributed by atoms with Gasteiger partial charge in [0.05, 0.1) is 10.6 Å².